The molecule has 1 aromatic rings. The molecule has 1 aromatic carbocycles. The fourth-order valence-corrected chi connectivity index (χ4v) is 1.65. The highest BCUT2D eigenvalue weighted by Gasteiger charge is 2.33. The lowest BCUT2D eigenvalue weighted by Gasteiger charge is -2.22. The number of rotatable bonds is 4. The van der Waals surface area contributed by atoms with E-state index in [0.29, 0.717) is 11.6 Å². The van der Waals surface area contributed by atoms with Crippen molar-refractivity contribution in [3.05, 3.63) is 23.8 Å². The van der Waals surface area contributed by atoms with E-state index >= 15 is 0 Å². The van der Waals surface area contributed by atoms with Crippen LogP contribution in [0.4, 0.5) is 24.5 Å². The summed E-state index contributed by atoms with van der Waals surface area (Å²) in [5.74, 6) is 0.386. The van der Waals surface area contributed by atoms with Gasteiger partial charge < -0.3 is 11.1 Å². The number of alkyl halides is 3. The molecule has 2 atom stereocenters. The van der Waals surface area contributed by atoms with E-state index in [4.69, 9.17) is 5.73 Å². The number of hydrogen-bond acceptors (Lipinski definition) is 2. The van der Waals surface area contributed by atoms with E-state index in [1.165, 1.54) is 6.07 Å². The van der Waals surface area contributed by atoms with Crippen molar-refractivity contribution < 1.29 is 13.2 Å². The second-order valence-electron chi connectivity index (χ2n) is 4.62. The molecule has 0 saturated heterocycles. The number of nitrogen functional groups attached to an aromatic ring is 1. The van der Waals surface area contributed by atoms with Gasteiger partial charge in [-0.25, -0.2) is 0 Å². The Kier molecular flexibility index (Phi) is 4.48. The first-order chi connectivity index (χ1) is 8.25. The maximum Gasteiger partial charge on any atom is 0.418 e. The first kappa shape index (κ1) is 14.7. The number of anilines is 2. The van der Waals surface area contributed by atoms with Crippen LogP contribution >= 0.6 is 0 Å². The molecule has 0 aliphatic carbocycles. The topological polar surface area (TPSA) is 38.0 Å². The third-order valence-electron chi connectivity index (χ3n) is 3.25. The second-order valence-corrected chi connectivity index (χ2v) is 4.62. The summed E-state index contributed by atoms with van der Waals surface area (Å²) < 4.78 is 38.0. The maximum absolute atomic E-state index is 12.7. The SMILES string of the molecule is CCC(C)C(C)Nc1ccc(N)c(C(F)(F)F)c1. The molecule has 0 spiro atoms. The van der Waals surface area contributed by atoms with Crippen LogP contribution in [0, 0.1) is 5.92 Å². The fraction of sp³-hybridized carbons (Fsp3) is 0.538. The maximum atomic E-state index is 12.7. The van der Waals surface area contributed by atoms with Gasteiger partial charge in [0.15, 0.2) is 0 Å². The van der Waals surface area contributed by atoms with Crippen molar-refractivity contribution in [2.75, 3.05) is 11.1 Å². The van der Waals surface area contributed by atoms with Crippen LogP contribution in [0.5, 0.6) is 0 Å². The molecule has 0 bridgehead atoms. The van der Waals surface area contributed by atoms with Crippen molar-refractivity contribution in [2.45, 2.75) is 39.4 Å². The molecule has 0 aliphatic rings. The number of nitrogens with one attached hydrogen (secondary N) is 1. The standard InChI is InChI=1S/C13H19F3N2/c1-4-8(2)9(3)18-10-5-6-12(17)11(7-10)13(14,15)16/h5-9,18H,4,17H2,1-3H3. The molecule has 0 aliphatic heterocycles. The number of nitrogens with two attached hydrogens (primary N) is 1. The van der Waals surface area contributed by atoms with Gasteiger partial charge in [-0.15, -0.1) is 0 Å². The quantitative estimate of drug-likeness (QED) is 0.799. The van der Waals surface area contributed by atoms with E-state index in [-0.39, 0.29) is 11.7 Å². The number of benzene rings is 1. The van der Waals surface area contributed by atoms with Gasteiger partial charge in [0.25, 0.3) is 0 Å². The molecule has 1 rings (SSSR count). The zero-order chi connectivity index (χ0) is 13.9. The fourth-order valence-electron chi connectivity index (χ4n) is 1.65. The molecule has 5 heteroatoms. The average molecular weight is 260 g/mol. The third kappa shape index (κ3) is 3.55. The first-order valence-corrected chi connectivity index (χ1v) is 5.99. The van der Waals surface area contributed by atoms with Crippen LogP contribution in [0.2, 0.25) is 0 Å². The third-order valence-corrected chi connectivity index (χ3v) is 3.25. The average Bonchev–Trinajstić information content (AvgIpc) is 2.29. The van der Waals surface area contributed by atoms with E-state index in [0.717, 1.165) is 12.5 Å². The van der Waals surface area contributed by atoms with Gasteiger partial charge in [-0.3, -0.25) is 0 Å². The molecule has 0 heterocycles. The van der Waals surface area contributed by atoms with Crippen molar-refractivity contribution in [1.29, 1.82) is 0 Å². The van der Waals surface area contributed by atoms with Gasteiger partial charge in [-0.2, -0.15) is 13.2 Å². The van der Waals surface area contributed by atoms with Crippen LogP contribution in [0.25, 0.3) is 0 Å². The van der Waals surface area contributed by atoms with Gasteiger partial charge in [0.2, 0.25) is 0 Å². The van der Waals surface area contributed by atoms with Crippen molar-refractivity contribution in [3.63, 3.8) is 0 Å². The summed E-state index contributed by atoms with van der Waals surface area (Å²) in [6, 6.07) is 4.03. The Morgan fingerprint density at radius 1 is 1.28 bits per heavy atom. The Labute approximate surface area is 105 Å². The summed E-state index contributed by atoms with van der Waals surface area (Å²) in [6.07, 6.45) is -3.45. The van der Waals surface area contributed by atoms with Crippen LogP contribution in [-0.4, -0.2) is 6.04 Å². The lowest BCUT2D eigenvalue weighted by molar-refractivity contribution is -0.136. The second kappa shape index (κ2) is 5.50. The molecule has 2 nitrogen and oxygen atoms in total. The van der Waals surface area contributed by atoms with E-state index < -0.39 is 11.7 Å². The zero-order valence-corrected chi connectivity index (χ0v) is 10.8. The molecule has 0 aromatic heterocycles. The summed E-state index contributed by atoms with van der Waals surface area (Å²) >= 11 is 0. The van der Waals surface area contributed by atoms with Crippen molar-refractivity contribution in [3.8, 4) is 0 Å². The first-order valence-electron chi connectivity index (χ1n) is 5.99. The summed E-state index contributed by atoms with van der Waals surface area (Å²) in [7, 11) is 0. The Hall–Kier alpha value is -1.39. The molecule has 0 saturated carbocycles. The molecular formula is C13H19F3N2. The van der Waals surface area contributed by atoms with Gasteiger partial charge >= 0.3 is 6.18 Å². The summed E-state index contributed by atoms with van der Waals surface area (Å²) in [4.78, 5) is 0. The van der Waals surface area contributed by atoms with E-state index in [9.17, 15) is 13.2 Å². The van der Waals surface area contributed by atoms with Gasteiger partial charge in [0.05, 0.1) is 5.56 Å². The van der Waals surface area contributed by atoms with Crippen LogP contribution in [-0.2, 0) is 6.18 Å². The molecule has 2 unspecified atom stereocenters. The minimum absolute atomic E-state index is 0.111. The highest BCUT2D eigenvalue weighted by molar-refractivity contribution is 5.58. The van der Waals surface area contributed by atoms with E-state index in [2.05, 4.69) is 12.2 Å². The van der Waals surface area contributed by atoms with Crippen LogP contribution in [0.15, 0.2) is 18.2 Å². The van der Waals surface area contributed by atoms with Crippen molar-refractivity contribution in [2.24, 2.45) is 5.92 Å². The predicted octanol–water partition coefficient (Wildman–Crippen LogP) is 4.13. The summed E-state index contributed by atoms with van der Waals surface area (Å²) in [6.45, 7) is 6.06. The Morgan fingerprint density at radius 2 is 1.89 bits per heavy atom. The van der Waals surface area contributed by atoms with Crippen molar-refractivity contribution >= 4 is 11.4 Å². The molecule has 0 radical (unpaired) electrons. The van der Waals surface area contributed by atoms with E-state index in [1.54, 1.807) is 6.07 Å². The van der Waals surface area contributed by atoms with Crippen LogP contribution in [0.1, 0.15) is 32.8 Å². The summed E-state index contributed by atoms with van der Waals surface area (Å²) in [5, 5.41) is 3.08. The van der Waals surface area contributed by atoms with Gasteiger partial charge in [-0.05, 0) is 31.0 Å². The Bertz CT molecular complexity index is 402. The highest BCUT2D eigenvalue weighted by atomic mass is 19.4. The van der Waals surface area contributed by atoms with Crippen molar-refractivity contribution in [1.82, 2.24) is 0 Å². The monoisotopic (exact) mass is 260 g/mol. The largest absolute Gasteiger partial charge is 0.418 e. The minimum Gasteiger partial charge on any atom is -0.398 e. The smallest absolute Gasteiger partial charge is 0.398 e. The number of halogens is 3. The lowest BCUT2D eigenvalue weighted by atomic mass is 10.0. The Balaban J connectivity index is 2.92. The van der Waals surface area contributed by atoms with Gasteiger partial charge in [-0.1, -0.05) is 20.3 Å². The summed E-state index contributed by atoms with van der Waals surface area (Å²) in [5.41, 5.74) is 4.76. The zero-order valence-electron chi connectivity index (χ0n) is 10.8. The normalized spacial score (nSPS) is 15.2. The number of hydrogen-bond donors (Lipinski definition) is 2. The Morgan fingerprint density at radius 3 is 2.39 bits per heavy atom. The molecule has 102 valence electrons. The van der Waals surface area contributed by atoms with E-state index in [1.807, 2.05) is 13.8 Å². The molecule has 3 N–H and O–H groups in total. The van der Waals surface area contributed by atoms with Gasteiger partial charge in [0, 0.05) is 17.4 Å². The van der Waals surface area contributed by atoms with Gasteiger partial charge in [0.1, 0.15) is 0 Å². The lowest BCUT2D eigenvalue weighted by Crippen LogP contribution is -2.23. The van der Waals surface area contributed by atoms with Crippen LogP contribution < -0.4 is 11.1 Å². The molecule has 18 heavy (non-hydrogen) atoms. The predicted molar refractivity (Wildman–Crippen MR) is 68.4 cm³/mol. The van der Waals surface area contributed by atoms with Crippen LogP contribution in [0.3, 0.4) is 0 Å². The minimum atomic E-state index is -4.42. The molecule has 0 fully saturated rings. The highest BCUT2D eigenvalue weighted by Crippen LogP contribution is 2.35. The molecular weight excluding hydrogens is 241 g/mol. The molecule has 0 amide bonds.